The van der Waals surface area contributed by atoms with Crippen molar-refractivity contribution >= 4 is 5.82 Å². The van der Waals surface area contributed by atoms with Crippen LogP contribution in [0.25, 0.3) is 11.4 Å². The second kappa shape index (κ2) is 7.95. The summed E-state index contributed by atoms with van der Waals surface area (Å²) in [7, 11) is 0. The van der Waals surface area contributed by atoms with Gasteiger partial charge in [0, 0.05) is 35.8 Å². The Kier molecular flexibility index (Phi) is 5.46. The van der Waals surface area contributed by atoms with Gasteiger partial charge in [-0.25, -0.2) is 9.97 Å². The molecule has 0 bridgehead atoms. The lowest BCUT2D eigenvalue weighted by Crippen LogP contribution is -2.08. The Labute approximate surface area is 154 Å². The van der Waals surface area contributed by atoms with E-state index in [2.05, 4.69) is 32.4 Å². The summed E-state index contributed by atoms with van der Waals surface area (Å²) in [5, 5.41) is 3.43. The molecule has 2 heterocycles. The van der Waals surface area contributed by atoms with Crippen molar-refractivity contribution in [2.24, 2.45) is 0 Å². The Bertz CT molecular complexity index is 861. The maximum absolute atomic E-state index is 5.68. The first-order valence-corrected chi connectivity index (χ1v) is 8.78. The van der Waals surface area contributed by atoms with Crippen LogP contribution in [0.1, 0.15) is 30.7 Å². The highest BCUT2D eigenvalue weighted by molar-refractivity contribution is 5.58. The monoisotopic (exact) mass is 348 g/mol. The van der Waals surface area contributed by atoms with E-state index in [1.54, 1.807) is 12.4 Å². The number of nitrogens with one attached hydrogen (secondary N) is 1. The first-order chi connectivity index (χ1) is 12.5. The summed E-state index contributed by atoms with van der Waals surface area (Å²) >= 11 is 0. The van der Waals surface area contributed by atoms with E-state index < -0.39 is 0 Å². The van der Waals surface area contributed by atoms with Crippen LogP contribution in [-0.4, -0.2) is 21.1 Å². The minimum Gasteiger partial charge on any atom is -0.491 e. The van der Waals surface area contributed by atoms with Crippen LogP contribution < -0.4 is 10.1 Å². The zero-order chi connectivity index (χ0) is 18.5. The molecule has 26 heavy (non-hydrogen) atoms. The molecule has 1 N–H and O–H groups in total. The van der Waals surface area contributed by atoms with Crippen molar-refractivity contribution in [2.75, 3.05) is 5.32 Å². The van der Waals surface area contributed by atoms with E-state index in [9.17, 15) is 0 Å². The molecule has 0 saturated carbocycles. The van der Waals surface area contributed by atoms with Crippen molar-refractivity contribution in [3.8, 4) is 17.1 Å². The molecule has 3 aromatic rings. The number of benzene rings is 1. The lowest BCUT2D eigenvalue weighted by atomic mass is 10.2. The zero-order valence-electron chi connectivity index (χ0n) is 15.7. The molecule has 134 valence electrons. The van der Waals surface area contributed by atoms with Gasteiger partial charge in [0.1, 0.15) is 11.6 Å². The molecule has 0 spiro atoms. The highest BCUT2D eigenvalue weighted by Crippen LogP contribution is 2.22. The van der Waals surface area contributed by atoms with E-state index in [0.29, 0.717) is 12.4 Å². The van der Waals surface area contributed by atoms with Gasteiger partial charge >= 0.3 is 0 Å². The summed E-state index contributed by atoms with van der Waals surface area (Å²) in [6.45, 7) is 8.77. The predicted octanol–water partition coefficient (Wildman–Crippen LogP) is 4.55. The molecule has 0 aliphatic rings. The van der Waals surface area contributed by atoms with Crippen LogP contribution >= 0.6 is 0 Å². The van der Waals surface area contributed by atoms with Crippen LogP contribution in [0.4, 0.5) is 5.82 Å². The van der Waals surface area contributed by atoms with Crippen LogP contribution in [0.5, 0.6) is 5.75 Å². The van der Waals surface area contributed by atoms with E-state index in [0.717, 1.165) is 28.4 Å². The van der Waals surface area contributed by atoms with Gasteiger partial charge in [0.25, 0.3) is 0 Å². The Balaban J connectivity index is 1.76. The Morgan fingerprint density at radius 2 is 1.81 bits per heavy atom. The topological polar surface area (TPSA) is 59.9 Å². The minimum atomic E-state index is 0.177. The first-order valence-electron chi connectivity index (χ1n) is 8.78. The standard InChI is InChI=1S/C21H24N4O/c1-14(2)26-19-9-7-17(8-10-19)12-23-20-15(3)16(4)24-21(25-20)18-6-5-11-22-13-18/h5-11,13-14H,12H2,1-4H3,(H,23,24,25). The number of nitrogens with zero attached hydrogens (tertiary/aromatic N) is 3. The van der Waals surface area contributed by atoms with Gasteiger partial charge in [-0.15, -0.1) is 0 Å². The maximum Gasteiger partial charge on any atom is 0.163 e. The fraction of sp³-hybridized carbons (Fsp3) is 0.286. The normalized spacial score (nSPS) is 10.8. The number of anilines is 1. The number of hydrogen-bond acceptors (Lipinski definition) is 5. The molecule has 0 amide bonds. The number of aromatic nitrogens is 3. The lowest BCUT2D eigenvalue weighted by Gasteiger charge is -2.13. The molecular weight excluding hydrogens is 324 g/mol. The molecule has 1 aromatic carbocycles. The SMILES string of the molecule is Cc1nc(-c2cccnc2)nc(NCc2ccc(OC(C)C)cc2)c1C. The van der Waals surface area contributed by atoms with Gasteiger partial charge in [-0.05, 0) is 57.5 Å². The molecule has 3 rings (SSSR count). The molecule has 0 aliphatic carbocycles. The Hall–Kier alpha value is -2.95. The fourth-order valence-corrected chi connectivity index (χ4v) is 2.57. The number of rotatable bonds is 6. The van der Waals surface area contributed by atoms with Crippen molar-refractivity contribution in [1.82, 2.24) is 15.0 Å². The second-order valence-electron chi connectivity index (χ2n) is 6.51. The van der Waals surface area contributed by atoms with Gasteiger partial charge in [0.05, 0.1) is 6.10 Å². The zero-order valence-corrected chi connectivity index (χ0v) is 15.7. The molecule has 5 nitrogen and oxygen atoms in total. The highest BCUT2D eigenvalue weighted by Gasteiger charge is 2.10. The van der Waals surface area contributed by atoms with Crippen molar-refractivity contribution in [1.29, 1.82) is 0 Å². The lowest BCUT2D eigenvalue weighted by molar-refractivity contribution is 0.242. The van der Waals surface area contributed by atoms with Crippen LogP contribution in [-0.2, 0) is 6.54 Å². The van der Waals surface area contributed by atoms with Crippen molar-refractivity contribution in [3.05, 3.63) is 65.6 Å². The summed E-state index contributed by atoms with van der Waals surface area (Å²) in [5.74, 6) is 2.42. The fourth-order valence-electron chi connectivity index (χ4n) is 2.57. The third kappa shape index (κ3) is 4.36. The predicted molar refractivity (Wildman–Crippen MR) is 104 cm³/mol. The average Bonchev–Trinajstić information content (AvgIpc) is 2.64. The maximum atomic E-state index is 5.68. The highest BCUT2D eigenvalue weighted by atomic mass is 16.5. The van der Waals surface area contributed by atoms with Crippen molar-refractivity contribution < 1.29 is 4.74 Å². The smallest absolute Gasteiger partial charge is 0.163 e. The second-order valence-corrected chi connectivity index (χ2v) is 6.51. The van der Waals surface area contributed by atoms with E-state index >= 15 is 0 Å². The van der Waals surface area contributed by atoms with E-state index in [1.165, 1.54) is 5.56 Å². The third-order valence-electron chi connectivity index (χ3n) is 4.06. The minimum absolute atomic E-state index is 0.177. The number of pyridine rings is 1. The summed E-state index contributed by atoms with van der Waals surface area (Å²) in [6.07, 6.45) is 3.70. The van der Waals surface area contributed by atoms with Crippen molar-refractivity contribution in [2.45, 2.75) is 40.3 Å². The largest absolute Gasteiger partial charge is 0.491 e. The molecule has 0 saturated heterocycles. The third-order valence-corrected chi connectivity index (χ3v) is 4.06. The van der Waals surface area contributed by atoms with Gasteiger partial charge in [-0.3, -0.25) is 4.98 Å². The number of aryl methyl sites for hydroxylation is 1. The summed E-state index contributed by atoms with van der Waals surface area (Å²) in [4.78, 5) is 13.4. The molecule has 2 aromatic heterocycles. The molecule has 0 fully saturated rings. The summed E-state index contributed by atoms with van der Waals surface area (Å²) in [5.41, 5.74) is 4.09. The van der Waals surface area contributed by atoms with Crippen LogP contribution in [0.15, 0.2) is 48.8 Å². The molecule has 0 aliphatic heterocycles. The molecule has 0 radical (unpaired) electrons. The van der Waals surface area contributed by atoms with Crippen LogP contribution in [0, 0.1) is 13.8 Å². The molecule has 0 atom stereocenters. The van der Waals surface area contributed by atoms with Gasteiger partial charge in [0.2, 0.25) is 0 Å². The summed E-state index contributed by atoms with van der Waals surface area (Å²) < 4.78 is 5.68. The number of hydrogen-bond donors (Lipinski definition) is 1. The first kappa shape index (κ1) is 17.9. The summed E-state index contributed by atoms with van der Waals surface area (Å²) in [6, 6.07) is 12.0. The van der Waals surface area contributed by atoms with Crippen LogP contribution in [0.3, 0.4) is 0 Å². The number of ether oxygens (including phenoxy) is 1. The quantitative estimate of drug-likeness (QED) is 0.708. The molecular formula is C21H24N4O. The Morgan fingerprint density at radius 3 is 2.46 bits per heavy atom. The average molecular weight is 348 g/mol. The molecule has 0 unspecified atom stereocenters. The molecule has 5 heteroatoms. The van der Waals surface area contributed by atoms with Gasteiger partial charge in [-0.1, -0.05) is 12.1 Å². The van der Waals surface area contributed by atoms with Crippen LogP contribution in [0.2, 0.25) is 0 Å². The van der Waals surface area contributed by atoms with Gasteiger partial charge < -0.3 is 10.1 Å². The Morgan fingerprint density at radius 1 is 1.04 bits per heavy atom. The van der Waals surface area contributed by atoms with Gasteiger partial charge in [0.15, 0.2) is 5.82 Å². The van der Waals surface area contributed by atoms with Crippen molar-refractivity contribution in [3.63, 3.8) is 0 Å². The van der Waals surface area contributed by atoms with E-state index in [4.69, 9.17) is 4.74 Å². The van der Waals surface area contributed by atoms with E-state index in [1.807, 2.05) is 52.0 Å². The van der Waals surface area contributed by atoms with Gasteiger partial charge in [-0.2, -0.15) is 0 Å². The van der Waals surface area contributed by atoms with E-state index in [-0.39, 0.29) is 6.10 Å².